The summed E-state index contributed by atoms with van der Waals surface area (Å²) in [6.07, 6.45) is 0. The normalized spacial score (nSPS) is 11.6. The molecule has 112 valence electrons. The number of hydrogen-bond acceptors (Lipinski definition) is 5. The first-order valence-corrected chi connectivity index (χ1v) is 7.61. The molecule has 1 N–H and O–H groups in total. The van der Waals surface area contributed by atoms with Gasteiger partial charge in [0.25, 0.3) is 0 Å². The molecule has 1 aromatic carbocycles. The van der Waals surface area contributed by atoms with Crippen LogP contribution in [0.15, 0.2) is 27.6 Å². The average Bonchev–Trinajstić information content (AvgIpc) is 2.76. The molecule has 0 aliphatic rings. The van der Waals surface area contributed by atoms with Crippen LogP contribution < -0.4 is 0 Å². The van der Waals surface area contributed by atoms with Crippen LogP contribution in [0.5, 0.6) is 0 Å². The van der Waals surface area contributed by atoms with Crippen molar-refractivity contribution >= 4 is 27.4 Å². The Morgan fingerprint density at radius 1 is 1.43 bits per heavy atom. The van der Waals surface area contributed by atoms with Crippen molar-refractivity contribution < 1.29 is 27.2 Å². The van der Waals surface area contributed by atoms with Crippen molar-refractivity contribution in [3.63, 3.8) is 0 Å². The van der Waals surface area contributed by atoms with Crippen molar-refractivity contribution in [2.75, 3.05) is 0 Å². The van der Waals surface area contributed by atoms with Crippen LogP contribution in [0.3, 0.4) is 0 Å². The molecule has 0 unspecified atom stereocenters. The fourth-order valence-corrected chi connectivity index (χ4v) is 3.36. The Balaban J connectivity index is 2.52. The Labute approximate surface area is 124 Å². The molecule has 0 amide bonds. The Morgan fingerprint density at radius 3 is 2.62 bits per heavy atom. The van der Waals surface area contributed by atoms with Crippen LogP contribution in [0.4, 0.5) is 4.39 Å². The molecule has 0 saturated carbocycles. The first kappa shape index (κ1) is 15.5. The van der Waals surface area contributed by atoms with Gasteiger partial charge in [0.2, 0.25) is 0 Å². The smallest absolute Gasteiger partial charge is 0.338 e. The number of nitrogens with zero attached hydrogens (tertiary/aromatic N) is 1. The van der Waals surface area contributed by atoms with Crippen molar-refractivity contribution in [3.8, 4) is 0 Å². The van der Waals surface area contributed by atoms with E-state index in [1.807, 2.05) is 0 Å². The van der Waals surface area contributed by atoms with Crippen molar-refractivity contribution in [1.29, 1.82) is 0 Å². The zero-order valence-electron chi connectivity index (χ0n) is 10.6. The third kappa shape index (κ3) is 3.22. The SMILES string of the molecule is Cc1cc(CS(=O)(=O)c2cc(Cl)cc(C(=O)O)c2F)no1. The van der Waals surface area contributed by atoms with Gasteiger partial charge >= 0.3 is 5.97 Å². The fraction of sp³-hybridized carbons (Fsp3) is 0.167. The largest absolute Gasteiger partial charge is 0.478 e. The molecule has 6 nitrogen and oxygen atoms in total. The lowest BCUT2D eigenvalue weighted by molar-refractivity contribution is 0.0691. The van der Waals surface area contributed by atoms with E-state index in [-0.39, 0.29) is 10.7 Å². The number of carboxylic acid groups (broad SMARTS) is 1. The van der Waals surface area contributed by atoms with Crippen molar-refractivity contribution in [1.82, 2.24) is 5.16 Å². The minimum atomic E-state index is -4.15. The van der Waals surface area contributed by atoms with Gasteiger partial charge in [-0.3, -0.25) is 0 Å². The quantitative estimate of drug-likeness (QED) is 0.923. The predicted molar refractivity (Wildman–Crippen MR) is 70.5 cm³/mol. The zero-order chi connectivity index (χ0) is 15.8. The Kier molecular flexibility index (Phi) is 4.02. The Morgan fingerprint density at radius 2 is 2.10 bits per heavy atom. The zero-order valence-corrected chi connectivity index (χ0v) is 12.2. The molecule has 0 fully saturated rings. The van der Waals surface area contributed by atoms with Crippen LogP contribution in [0.25, 0.3) is 0 Å². The van der Waals surface area contributed by atoms with Crippen LogP contribution >= 0.6 is 11.6 Å². The summed E-state index contributed by atoms with van der Waals surface area (Å²) in [5, 5.41) is 12.2. The highest BCUT2D eigenvalue weighted by molar-refractivity contribution is 7.90. The molecular weight excluding hydrogens is 325 g/mol. The van der Waals surface area contributed by atoms with Gasteiger partial charge in [-0.15, -0.1) is 0 Å². The van der Waals surface area contributed by atoms with Crippen LogP contribution in [0.2, 0.25) is 5.02 Å². The van der Waals surface area contributed by atoms with E-state index in [9.17, 15) is 17.6 Å². The topological polar surface area (TPSA) is 97.5 Å². The standard InChI is InChI=1S/C12H9ClFNO5S/c1-6-2-8(15-20-6)5-21(18,19)10-4-7(13)3-9(11(10)14)12(16)17/h2-4H,5H2,1H3,(H,16,17). The molecule has 0 saturated heterocycles. The molecule has 0 atom stereocenters. The molecule has 2 aromatic rings. The number of halogens is 2. The van der Waals surface area contributed by atoms with E-state index in [1.54, 1.807) is 6.92 Å². The average molecular weight is 334 g/mol. The van der Waals surface area contributed by atoms with E-state index in [1.165, 1.54) is 6.07 Å². The number of hydrogen-bond donors (Lipinski definition) is 1. The van der Waals surface area contributed by atoms with Gasteiger partial charge in [0, 0.05) is 11.1 Å². The lowest BCUT2D eigenvalue weighted by atomic mass is 10.2. The highest BCUT2D eigenvalue weighted by Gasteiger charge is 2.26. The fourth-order valence-electron chi connectivity index (χ4n) is 1.70. The first-order valence-electron chi connectivity index (χ1n) is 5.58. The number of sulfone groups is 1. The molecular formula is C12H9ClFNO5S. The second-order valence-corrected chi connectivity index (χ2v) is 6.65. The van der Waals surface area contributed by atoms with E-state index in [0.717, 1.165) is 12.1 Å². The van der Waals surface area contributed by atoms with Crippen molar-refractivity contribution in [3.05, 3.63) is 46.1 Å². The molecule has 0 radical (unpaired) electrons. The van der Waals surface area contributed by atoms with Gasteiger partial charge in [-0.25, -0.2) is 17.6 Å². The van der Waals surface area contributed by atoms with E-state index in [4.69, 9.17) is 21.2 Å². The molecule has 21 heavy (non-hydrogen) atoms. The van der Waals surface area contributed by atoms with Gasteiger partial charge in [-0.05, 0) is 19.1 Å². The number of aromatic nitrogens is 1. The minimum Gasteiger partial charge on any atom is -0.478 e. The summed E-state index contributed by atoms with van der Waals surface area (Å²) in [5.74, 6) is -3.19. The van der Waals surface area contributed by atoms with E-state index in [0.29, 0.717) is 5.76 Å². The number of rotatable bonds is 4. The van der Waals surface area contributed by atoms with Gasteiger partial charge in [0.05, 0.1) is 11.3 Å². The van der Waals surface area contributed by atoms with Crippen molar-refractivity contribution in [2.24, 2.45) is 0 Å². The number of aryl methyl sites for hydroxylation is 1. The maximum Gasteiger partial charge on any atom is 0.338 e. The van der Waals surface area contributed by atoms with Gasteiger partial charge < -0.3 is 9.63 Å². The summed E-state index contributed by atoms with van der Waals surface area (Å²) in [6.45, 7) is 1.58. The summed E-state index contributed by atoms with van der Waals surface area (Å²) >= 11 is 5.65. The molecule has 9 heteroatoms. The summed E-state index contributed by atoms with van der Waals surface area (Å²) in [5.41, 5.74) is -0.721. The van der Waals surface area contributed by atoms with E-state index < -0.39 is 37.8 Å². The van der Waals surface area contributed by atoms with Gasteiger partial charge in [-0.2, -0.15) is 0 Å². The van der Waals surface area contributed by atoms with Gasteiger partial charge in [0.1, 0.15) is 16.4 Å². The second kappa shape index (κ2) is 5.45. The van der Waals surface area contributed by atoms with Crippen LogP contribution in [0.1, 0.15) is 21.8 Å². The molecule has 1 heterocycles. The van der Waals surface area contributed by atoms with E-state index in [2.05, 4.69) is 5.16 Å². The maximum atomic E-state index is 14.0. The molecule has 0 aliphatic heterocycles. The summed E-state index contributed by atoms with van der Waals surface area (Å²) in [4.78, 5) is 10.1. The van der Waals surface area contributed by atoms with Gasteiger partial charge in [0.15, 0.2) is 15.7 Å². The predicted octanol–water partition coefficient (Wildman–Crippen LogP) is 2.45. The highest BCUT2D eigenvalue weighted by atomic mass is 35.5. The molecule has 0 aliphatic carbocycles. The minimum absolute atomic E-state index is 0.0868. The number of carboxylic acids is 1. The summed E-state index contributed by atoms with van der Waals surface area (Å²) in [7, 11) is -4.15. The monoisotopic (exact) mass is 333 g/mol. The Hall–Kier alpha value is -1.93. The highest BCUT2D eigenvalue weighted by Crippen LogP contribution is 2.26. The molecule has 1 aromatic heterocycles. The molecule has 2 rings (SSSR count). The summed E-state index contributed by atoms with van der Waals surface area (Å²) in [6, 6.07) is 3.10. The van der Waals surface area contributed by atoms with Gasteiger partial charge in [-0.1, -0.05) is 16.8 Å². The van der Waals surface area contributed by atoms with E-state index >= 15 is 0 Å². The number of benzene rings is 1. The second-order valence-electron chi connectivity index (χ2n) is 4.26. The lowest BCUT2D eigenvalue weighted by Crippen LogP contribution is -2.11. The molecule has 0 bridgehead atoms. The Bertz CT molecular complexity index is 815. The van der Waals surface area contributed by atoms with Crippen LogP contribution in [-0.2, 0) is 15.6 Å². The molecule has 0 spiro atoms. The third-order valence-electron chi connectivity index (χ3n) is 2.58. The maximum absolute atomic E-state index is 14.0. The third-order valence-corrected chi connectivity index (χ3v) is 4.45. The lowest BCUT2D eigenvalue weighted by Gasteiger charge is -2.07. The van der Waals surface area contributed by atoms with Crippen LogP contribution in [-0.4, -0.2) is 24.7 Å². The number of aromatic carboxylic acids is 1. The number of carbonyl (C=O) groups is 1. The summed E-state index contributed by atoms with van der Waals surface area (Å²) < 4.78 is 43.1. The van der Waals surface area contributed by atoms with Crippen molar-refractivity contribution in [2.45, 2.75) is 17.6 Å². The first-order chi connectivity index (χ1) is 9.70. The van der Waals surface area contributed by atoms with Crippen LogP contribution in [0, 0.1) is 12.7 Å².